The lowest BCUT2D eigenvalue weighted by Crippen LogP contribution is -2.70. The van der Waals surface area contributed by atoms with Crippen molar-refractivity contribution in [1.29, 1.82) is 5.41 Å². The molecule has 0 saturated carbocycles. The highest BCUT2D eigenvalue weighted by atomic mass is 16.6. The minimum absolute atomic E-state index is 0.0297. The molecule has 4 atom stereocenters. The van der Waals surface area contributed by atoms with E-state index in [9.17, 15) is 24.3 Å². The van der Waals surface area contributed by atoms with Crippen LogP contribution in [-0.4, -0.2) is 106 Å². The van der Waals surface area contributed by atoms with E-state index in [0.717, 1.165) is 17.7 Å². The standard InChI is InChI=1S/C22H36N6O6/c1-13(2)14(3)34-22(33)26-9-7-25(8-10-26)21(32)28-17(19(30)31)16(18(28)29)11-15-5-4-6-27(12-15)20(23)24/h13-17H,4-12H2,1-3H3,(H3,23,24)(H,30,31). The quantitative estimate of drug-likeness (QED) is 0.296. The molecule has 4 amide bonds. The number of aliphatic carboxylic acids is 1. The highest BCUT2D eigenvalue weighted by Gasteiger charge is 2.56. The van der Waals surface area contributed by atoms with Crippen molar-refractivity contribution >= 4 is 30.0 Å². The zero-order chi connectivity index (χ0) is 25.2. The topological polar surface area (TPSA) is 161 Å². The Morgan fingerprint density at radius 3 is 2.26 bits per heavy atom. The zero-order valence-corrected chi connectivity index (χ0v) is 20.1. The average Bonchev–Trinajstić information content (AvgIpc) is 2.80. The fraction of sp³-hybridized carbons (Fsp3) is 0.773. The number of carboxylic acids is 1. The van der Waals surface area contributed by atoms with Crippen LogP contribution >= 0.6 is 0 Å². The lowest BCUT2D eigenvalue weighted by Gasteiger charge is -2.47. The highest BCUT2D eigenvalue weighted by Crippen LogP contribution is 2.36. The molecular formula is C22H36N6O6. The predicted octanol–water partition coefficient (Wildman–Crippen LogP) is 0.812. The second-order valence-electron chi connectivity index (χ2n) is 9.76. The number of nitrogens with one attached hydrogen (secondary N) is 1. The summed E-state index contributed by atoms with van der Waals surface area (Å²) >= 11 is 0. The molecule has 0 bridgehead atoms. The number of likely N-dealkylation sites (tertiary alicyclic amines) is 2. The Labute approximate surface area is 199 Å². The van der Waals surface area contributed by atoms with Crippen LogP contribution in [0.15, 0.2) is 0 Å². The van der Waals surface area contributed by atoms with Crippen molar-refractivity contribution in [3.63, 3.8) is 0 Å². The molecule has 3 rings (SSSR count). The van der Waals surface area contributed by atoms with Crippen LogP contribution in [-0.2, 0) is 14.3 Å². The second kappa shape index (κ2) is 10.5. The summed E-state index contributed by atoms with van der Waals surface area (Å²) in [6.45, 7) is 7.81. The van der Waals surface area contributed by atoms with E-state index < -0.39 is 36.0 Å². The zero-order valence-electron chi connectivity index (χ0n) is 20.1. The van der Waals surface area contributed by atoms with E-state index in [1.54, 1.807) is 4.90 Å². The summed E-state index contributed by atoms with van der Waals surface area (Å²) in [6, 6.07) is -1.84. The first-order valence-electron chi connectivity index (χ1n) is 11.9. The van der Waals surface area contributed by atoms with Crippen LogP contribution in [0.4, 0.5) is 9.59 Å². The van der Waals surface area contributed by atoms with Gasteiger partial charge in [0.25, 0.3) is 0 Å². The molecule has 12 heteroatoms. The third-order valence-electron chi connectivity index (χ3n) is 7.15. The van der Waals surface area contributed by atoms with Crippen molar-refractivity contribution in [1.82, 2.24) is 19.6 Å². The molecule has 0 aliphatic carbocycles. The van der Waals surface area contributed by atoms with E-state index >= 15 is 0 Å². The number of nitrogens with zero attached hydrogens (tertiary/aromatic N) is 4. The van der Waals surface area contributed by atoms with E-state index in [1.165, 1.54) is 9.80 Å². The number of β-lactam (4-membered cyclic amide) rings is 1. The number of urea groups is 1. The molecule has 3 aliphatic heterocycles. The van der Waals surface area contributed by atoms with Crippen molar-refractivity contribution in [2.75, 3.05) is 39.3 Å². The summed E-state index contributed by atoms with van der Waals surface area (Å²) in [5, 5.41) is 17.4. The molecule has 0 radical (unpaired) electrons. The van der Waals surface area contributed by atoms with Crippen molar-refractivity contribution in [2.24, 2.45) is 23.5 Å². The summed E-state index contributed by atoms with van der Waals surface area (Å²) in [6.07, 6.45) is 1.31. The Hall–Kier alpha value is -3.05. The Morgan fingerprint density at radius 1 is 1.09 bits per heavy atom. The van der Waals surface area contributed by atoms with Gasteiger partial charge in [0.05, 0.1) is 5.92 Å². The van der Waals surface area contributed by atoms with Crippen LogP contribution in [0.1, 0.15) is 40.0 Å². The number of carbonyl (C=O) groups excluding carboxylic acids is 3. The van der Waals surface area contributed by atoms with Crippen molar-refractivity contribution < 1.29 is 29.0 Å². The van der Waals surface area contributed by atoms with Crippen molar-refractivity contribution in [2.45, 2.75) is 52.2 Å². The van der Waals surface area contributed by atoms with Gasteiger partial charge in [0, 0.05) is 39.3 Å². The van der Waals surface area contributed by atoms with Gasteiger partial charge in [0.15, 0.2) is 12.0 Å². The second-order valence-corrected chi connectivity index (χ2v) is 9.76. The maximum atomic E-state index is 13.0. The first kappa shape index (κ1) is 25.6. The molecule has 3 heterocycles. The molecule has 3 fully saturated rings. The molecule has 3 saturated heterocycles. The van der Waals surface area contributed by atoms with E-state index in [0.29, 0.717) is 19.5 Å². The third-order valence-corrected chi connectivity index (χ3v) is 7.15. The molecule has 0 spiro atoms. The molecule has 0 aromatic rings. The van der Waals surface area contributed by atoms with Crippen LogP contribution in [0.3, 0.4) is 0 Å². The molecule has 0 aromatic carbocycles. The smallest absolute Gasteiger partial charge is 0.410 e. The van der Waals surface area contributed by atoms with E-state index in [2.05, 4.69) is 0 Å². The number of hydrogen-bond donors (Lipinski definition) is 3. The number of nitrogens with two attached hydrogens (primary N) is 1. The maximum absolute atomic E-state index is 13.0. The summed E-state index contributed by atoms with van der Waals surface area (Å²) < 4.78 is 5.42. The normalized spacial score (nSPS) is 26.2. The van der Waals surface area contributed by atoms with Crippen molar-refractivity contribution in [3.8, 4) is 0 Å². The molecule has 4 N–H and O–H groups in total. The highest BCUT2D eigenvalue weighted by molar-refractivity contribution is 6.07. The minimum atomic E-state index is -1.21. The molecule has 0 aromatic heterocycles. The van der Waals surface area contributed by atoms with Crippen LogP contribution in [0.25, 0.3) is 0 Å². The molecular weight excluding hydrogens is 444 g/mol. The SMILES string of the molecule is CC(C)C(C)OC(=O)N1CCN(C(=O)N2C(=O)C(CC3CCCN(C(=N)N)C3)C2C(=O)O)CC1. The first-order chi connectivity index (χ1) is 16.0. The molecule has 4 unspecified atom stereocenters. The predicted molar refractivity (Wildman–Crippen MR) is 122 cm³/mol. The maximum Gasteiger partial charge on any atom is 0.410 e. The summed E-state index contributed by atoms with van der Waals surface area (Å²) in [7, 11) is 0. The number of rotatable bonds is 5. The number of carbonyl (C=O) groups is 4. The largest absolute Gasteiger partial charge is 0.480 e. The fourth-order valence-corrected chi connectivity index (χ4v) is 4.71. The Kier molecular flexibility index (Phi) is 7.88. The lowest BCUT2D eigenvalue weighted by atomic mass is 9.78. The van der Waals surface area contributed by atoms with Gasteiger partial charge in [-0.15, -0.1) is 0 Å². The van der Waals surface area contributed by atoms with Gasteiger partial charge in [0.2, 0.25) is 5.91 Å². The van der Waals surface area contributed by atoms with Gasteiger partial charge in [0.1, 0.15) is 6.10 Å². The fourth-order valence-electron chi connectivity index (χ4n) is 4.71. The van der Waals surface area contributed by atoms with Crippen LogP contribution in [0, 0.1) is 23.2 Å². The number of piperazine rings is 1. The van der Waals surface area contributed by atoms with Gasteiger partial charge in [-0.3, -0.25) is 10.2 Å². The minimum Gasteiger partial charge on any atom is -0.480 e. The number of hydrogen-bond acceptors (Lipinski definition) is 6. The van der Waals surface area contributed by atoms with E-state index in [-0.39, 0.29) is 50.1 Å². The van der Waals surface area contributed by atoms with Gasteiger partial charge in [-0.05, 0) is 38.0 Å². The number of amides is 4. The third kappa shape index (κ3) is 5.36. The summed E-state index contributed by atoms with van der Waals surface area (Å²) in [5.41, 5.74) is 5.58. The molecule has 34 heavy (non-hydrogen) atoms. The monoisotopic (exact) mass is 480 g/mol. The first-order valence-corrected chi connectivity index (χ1v) is 11.9. The average molecular weight is 481 g/mol. The number of piperidine rings is 1. The van der Waals surface area contributed by atoms with Gasteiger partial charge < -0.3 is 30.3 Å². The number of carboxylic acid groups (broad SMARTS) is 1. The summed E-state index contributed by atoms with van der Waals surface area (Å²) in [5.74, 6) is -2.27. The molecule has 190 valence electrons. The van der Waals surface area contributed by atoms with Crippen LogP contribution < -0.4 is 5.73 Å². The van der Waals surface area contributed by atoms with E-state index in [4.69, 9.17) is 15.9 Å². The van der Waals surface area contributed by atoms with Gasteiger partial charge in [-0.25, -0.2) is 19.3 Å². The van der Waals surface area contributed by atoms with Crippen molar-refractivity contribution in [3.05, 3.63) is 0 Å². The molecule has 12 nitrogen and oxygen atoms in total. The summed E-state index contributed by atoms with van der Waals surface area (Å²) in [4.78, 5) is 55.6. The lowest BCUT2D eigenvalue weighted by molar-refractivity contribution is -0.167. The number of imide groups is 1. The van der Waals surface area contributed by atoms with Crippen LogP contribution in [0.5, 0.6) is 0 Å². The van der Waals surface area contributed by atoms with Gasteiger partial charge in [-0.1, -0.05) is 13.8 Å². The number of guanidine groups is 1. The number of ether oxygens (including phenoxy) is 1. The van der Waals surface area contributed by atoms with Gasteiger partial charge in [-0.2, -0.15) is 0 Å². The Morgan fingerprint density at radius 2 is 1.71 bits per heavy atom. The van der Waals surface area contributed by atoms with Crippen LogP contribution in [0.2, 0.25) is 0 Å². The van der Waals surface area contributed by atoms with Gasteiger partial charge >= 0.3 is 18.1 Å². The Bertz CT molecular complexity index is 827. The van der Waals surface area contributed by atoms with E-state index in [1.807, 2.05) is 20.8 Å². The Balaban J connectivity index is 1.56. The molecule has 3 aliphatic rings.